The summed E-state index contributed by atoms with van der Waals surface area (Å²) in [5, 5.41) is 8.34. The van der Waals surface area contributed by atoms with Crippen LogP contribution in [-0.2, 0) is 17.1 Å². The second kappa shape index (κ2) is 7.05. The van der Waals surface area contributed by atoms with Crippen molar-refractivity contribution in [1.82, 2.24) is 28.7 Å². The van der Waals surface area contributed by atoms with Gasteiger partial charge in [-0.3, -0.25) is 4.68 Å². The number of alkyl halides is 2. The first kappa shape index (κ1) is 19.2. The van der Waals surface area contributed by atoms with E-state index in [-0.39, 0.29) is 19.0 Å². The summed E-state index contributed by atoms with van der Waals surface area (Å²) in [6, 6.07) is 1.72. The van der Waals surface area contributed by atoms with Crippen molar-refractivity contribution in [2.24, 2.45) is 7.05 Å². The van der Waals surface area contributed by atoms with E-state index >= 15 is 0 Å². The normalized spacial score (nSPS) is 17.0. The van der Waals surface area contributed by atoms with Crippen LogP contribution in [0.3, 0.4) is 0 Å². The third kappa shape index (κ3) is 3.16. The monoisotopic (exact) mass is 430 g/mol. The molecule has 4 rings (SSSR count). The fourth-order valence-electron chi connectivity index (χ4n) is 3.57. The Hall–Kier alpha value is -2.11. The molecule has 150 valence electrons. The molecule has 12 heteroatoms. The molecule has 3 aromatic heterocycles. The number of piperidine rings is 1. The highest BCUT2D eigenvalue weighted by atomic mass is 35.5. The van der Waals surface area contributed by atoms with Crippen LogP contribution in [0.5, 0.6) is 0 Å². The molecule has 0 radical (unpaired) electrons. The van der Waals surface area contributed by atoms with Crippen LogP contribution in [0, 0.1) is 0 Å². The van der Waals surface area contributed by atoms with Crippen molar-refractivity contribution in [2.45, 2.75) is 30.1 Å². The van der Waals surface area contributed by atoms with Gasteiger partial charge in [-0.15, -0.1) is 0 Å². The molecular formula is C16H17ClF2N6O2S. The standard InChI is InChI=1S/C16H17ClF2N6O2S/c1-23-15(16(18)19)13(7-21-23)28(26,27)24-4-2-10(3-5-24)11-8-25-14(6-12(11)17)20-9-22-25/h6-10,16H,2-5H2,1H3. The molecule has 0 spiro atoms. The van der Waals surface area contributed by atoms with Crippen molar-refractivity contribution < 1.29 is 17.2 Å². The van der Waals surface area contributed by atoms with Gasteiger partial charge in [0.25, 0.3) is 6.43 Å². The Morgan fingerprint density at radius 1 is 1.25 bits per heavy atom. The Bertz CT molecular complexity index is 1120. The molecule has 0 amide bonds. The lowest BCUT2D eigenvalue weighted by Crippen LogP contribution is -2.38. The van der Waals surface area contributed by atoms with Crippen molar-refractivity contribution in [1.29, 1.82) is 0 Å². The minimum atomic E-state index is -4.05. The Morgan fingerprint density at radius 2 is 1.96 bits per heavy atom. The summed E-state index contributed by atoms with van der Waals surface area (Å²) in [6.07, 6.45) is 2.32. The van der Waals surface area contributed by atoms with Gasteiger partial charge in [0, 0.05) is 37.4 Å². The maximum absolute atomic E-state index is 13.3. The highest BCUT2D eigenvalue weighted by Gasteiger charge is 2.35. The van der Waals surface area contributed by atoms with Gasteiger partial charge in [0.2, 0.25) is 10.0 Å². The first-order valence-electron chi connectivity index (χ1n) is 8.58. The van der Waals surface area contributed by atoms with E-state index in [2.05, 4.69) is 15.2 Å². The number of nitrogens with zero attached hydrogens (tertiary/aromatic N) is 6. The molecule has 1 saturated heterocycles. The van der Waals surface area contributed by atoms with Crippen molar-refractivity contribution in [3.8, 4) is 0 Å². The quantitative estimate of drug-likeness (QED) is 0.635. The zero-order chi connectivity index (χ0) is 20.1. The summed E-state index contributed by atoms with van der Waals surface area (Å²) in [4.78, 5) is 3.64. The van der Waals surface area contributed by atoms with Gasteiger partial charge in [-0.05, 0) is 24.3 Å². The van der Waals surface area contributed by atoms with Gasteiger partial charge in [-0.25, -0.2) is 26.7 Å². The molecule has 0 aromatic carbocycles. The fourth-order valence-corrected chi connectivity index (χ4v) is 5.51. The zero-order valence-corrected chi connectivity index (χ0v) is 16.4. The summed E-state index contributed by atoms with van der Waals surface area (Å²) in [5.41, 5.74) is 0.901. The lowest BCUT2D eigenvalue weighted by Gasteiger charge is -2.31. The maximum atomic E-state index is 13.3. The lowest BCUT2D eigenvalue weighted by atomic mass is 9.91. The van der Waals surface area contributed by atoms with E-state index in [0.29, 0.717) is 23.5 Å². The molecular weight excluding hydrogens is 414 g/mol. The SMILES string of the molecule is Cn1ncc(S(=O)(=O)N2CCC(c3cn4ncnc4cc3Cl)CC2)c1C(F)F. The Balaban J connectivity index is 1.56. The van der Waals surface area contributed by atoms with Crippen LogP contribution >= 0.6 is 11.6 Å². The summed E-state index contributed by atoms with van der Waals surface area (Å²) in [6.45, 7) is 0.409. The van der Waals surface area contributed by atoms with E-state index in [0.717, 1.165) is 16.4 Å². The van der Waals surface area contributed by atoms with Gasteiger partial charge in [0.1, 0.15) is 16.9 Å². The number of aryl methyl sites for hydroxylation is 1. The molecule has 28 heavy (non-hydrogen) atoms. The average molecular weight is 431 g/mol. The second-order valence-corrected chi connectivity index (χ2v) is 8.95. The van der Waals surface area contributed by atoms with Crippen LogP contribution in [0.25, 0.3) is 5.65 Å². The molecule has 1 aliphatic rings. The summed E-state index contributed by atoms with van der Waals surface area (Å²) >= 11 is 6.37. The van der Waals surface area contributed by atoms with Gasteiger partial charge in [-0.1, -0.05) is 11.6 Å². The fraction of sp³-hybridized carbons (Fsp3) is 0.438. The Labute approximate surface area is 164 Å². The number of halogens is 3. The molecule has 0 atom stereocenters. The van der Waals surface area contributed by atoms with Crippen molar-refractivity contribution >= 4 is 27.3 Å². The molecule has 8 nitrogen and oxygen atoms in total. The van der Waals surface area contributed by atoms with E-state index in [4.69, 9.17) is 11.6 Å². The number of hydrogen-bond acceptors (Lipinski definition) is 5. The number of aromatic nitrogens is 5. The average Bonchev–Trinajstić information content (AvgIpc) is 3.27. The smallest absolute Gasteiger partial charge is 0.265 e. The molecule has 1 aliphatic heterocycles. The van der Waals surface area contributed by atoms with Gasteiger partial charge in [-0.2, -0.15) is 14.5 Å². The number of fused-ring (bicyclic) bond motifs is 1. The van der Waals surface area contributed by atoms with Gasteiger partial charge >= 0.3 is 0 Å². The third-order valence-electron chi connectivity index (χ3n) is 5.06. The predicted octanol–water partition coefficient (Wildman–Crippen LogP) is 2.62. The van der Waals surface area contributed by atoms with Crippen molar-refractivity contribution in [2.75, 3.05) is 13.1 Å². The largest absolute Gasteiger partial charge is 0.281 e. The van der Waals surface area contributed by atoms with Gasteiger partial charge in [0.15, 0.2) is 5.65 Å². The number of sulfonamides is 1. The second-order valence-electron chi connectivity index (χ2n) is 6.64. The highest BCUT2D eigenvalue weighted by Crippen LogP contribution is 2.36. The maximum Gasteiger partial charge on any atom is 0.281 e. The first-order chi connectivity index (χ1) is 13.3. The van der Waals surface area contributed by atoms with Gasteiger partial charge in [0.05, 0.1) is 6.20 Å². The minimum absolute atomic E-state index is 0.0380. The van der Waals surface area contributed by atoms with E-state index in [9.17, 15) is 17.2 Å². The molecule has 3 aromatic rings. The summed E-state index contributed by atoms with van der Waals surface area (Å²) < 4.78 is 56.0. The highest BCUT2D eigenvalue weighted by molar-refractivity contribution is 7.89. The molecule has 0 aliphatic carbocycles. The van der Waals surface area contributed by atoms with E-state index in [1.165, 1.54) is 17.7 Å². The lowest BCUT2D eigenvalue weighted by molar-refractivity contribution is 0.137. The number of rotatable bonds is 4. The van der Waals surface area contributed by atoms with Crippen LogP contribution < -0.4 is 0 Å². The number of hydrogen-bond donors (Lipinski definition) is 0. The molecule has 0 saturated carbocycles. The third-order valence-corrected chi connectivity index (χ3v) is 7.30. The zero-order valence-electron chi connectivity index (χ0n) is 14.8. The van der Waals surface area contributed by atoms with E-state index < -0.39 is 27.0 Å². The van der Waals surface area contributed by atoms with Crippen LogP contribution in [0.1, 0.15) is 36.4 Å². The first-order valence-corrected chi connectivity index (χ1v) is 10.4. The van der Waals surface area contributed by atoms with Gasteiger partial charge < -0.3 is 0 Å². The molecule has 4 heterocycles. The van der Waals surface area contributed by atoms with E-state index in [1.807, 2.05) is 0 Å². The molecule has 0 N–H and O–H groups in total. The molecule has 1 fully saturated rings. The van der Waals surface area contributed by atoms with Crippen LogP contribution in [-0.4, -0.2) is 50.2 Å². The van der Waals surface area contributed by atoms with Crippen LogP contribution in [0.4, 0.5) is 8.78 Å². The summed E-state index contributed by atoms with van der Waals surface area (Å²) in [7, 11) is -2.75. The van der Waals surface area contributed by atoms with Crippen LogP contribution in [0.15, 0.2) is 29.7 Å². The summed E-state index contributed by atoms with van der Waals surface area (Å²) in [5.74, 6) is 0.0380. The Morgan fingerprint density at radius 3 is 2.64 bits per heavy atom. The number of pyridine rings is 1. The predicted molar refractivity (Wildman–Crippen MR) is 96.9 cm³/mol. The topological polar surface area (TPSA) is 85.4 Å². The van der Waals surface area contributed by atoms with E-state index in [1.54, 1.807) is 16.8 Å². The van der Waals surface area contributed by atoms with Crippen molar-refractivity contribution in [3.63, 3.8) is 0 Å². The molecule has 0 bridgehead atoms. The van der Waals surface area contributed by atoms with Crippen LogP contribution in [0.2, 0.25) is 5.02 Å². The minimum Gasteiger partial charge on any atom is -0.265 e. The Kier molecular flexibility index (Phi) is 4.84. The molecule has 0 unspecified atom stereocenters. The van der Waals surface area contributed by atoms with Crippen molar-refractivity contribution in [3.05, 3.63) is 41.1 Å².